The number of benzene rings is 1. The van der Waals surface area contributed by atoms with Gasteiger partial charge in [0.2, 0.25) is 0 Å². The van der Waals surface area contributed by atoms with E-state index in [1.807, 2.05) is 0 Å². The van der Waals surface area contributed by atoms with Gasteiger partial charge in [0, 0.05) is 10.5 Å². The fraction of sp³-hybridized carbons (Fsp3) is 0.538. The summed E-state index contributed by atoms with van der Waals surface area (Å²) in [5, 5.41) is 0. The van der Waals surface area contributed by atoms with Crippen molar-refractivity contribution in [3.63, 3.8) is 0 Å². The van der Waals surface area contributed by atoms with E-state index in [4.69, 9.17) is 5.73 Å². The first-order valence-electron chi connectivity index (χ1n) is 5.58. The van der Waals surface area contributed by atoms with Gasteiger partial charge in [-0.3, -0.25) is 0 Å². The number of nitrogens with two attached hydrogens (primary N) is 1. The van der Waals surface area contributed by atoms with E-state index < -0.39 is 0 Å². The van der Waals surface area contributed by atoms with Crippen LogP contribution >= 0.6 is 15.9 Å². The minimum Gasteiger partial charge on any atom is -0.324 e. The molecule has 0 bridgehead atoms. The van der Waals surface area contributed by atoms with Gasteiger partial charge < -0.3 is 5.73 Å². The number of hydrogen-bond acceptors (Lipinski definition) is 1. The smallest absolute Gasteiger partial charge is 0.0320 e. The second-order valence-electron chi connectivity index (χ2n) is 4.30. The van der Waals surface area contributed by atoms with Crippen molar-refractivity contribution in [3.05, 3.63) is 33.8 Å². The molecule has 0 aliphatic carbocycles. The summed E-state index contributed by atoms with van der Waals surface area (Å²) in [5.74, 6) is 0.551. The first-order valence-corrected chi connectivity index (χ1v) is 6.37. The molecule has 0 aliphatic rings. The minimum absolute atomic E-state index is 0.164. The molecule has 0 heterocycles. The zero-order valence-electron chi connectivity index (χ0n) is 9.76. The average Bonchev–Trinajstić information content (AvgIpc) is 2.21. The molecule has 0 amide bonds. The second-order valence-corrected chi connectivity index (χ2v) is 5.15. The first kappa shape index (κ1) is 12.7. The normalized spacial score (nSPS) is 15.0. The Kier molecular flexibility index (Phi) is 4.81. The quantitative estimate of drug-likeness (QED) is 0.872. The predicted molar refractivity (Wildman–Crippen MR) is 69.9 cm³/mol. The van der Waals surface area contributed by atoms with Crippen LogP contribution in [0.25, 0.3) is 0 Å². The van der Waals surface area contributed by atoms with Crippen molar-refractivity contribution in [1.82, 2.24) is 0 Å². The molecule has 0 radical (unpaired) electrons. The van der Waals surface area contributed by atoms with E-state index >= 15 is 0 Å². The molecular formula is C13H20BrN. The third kappa shape index (κ3) is 3.32. The maximum absolute atomic E-state index is 6.23. The molecule has 0 fully saturated rings. The maximum Gasteiger partial charge on any atom is 0.0320 e. The Morgan fingerprint density at radius 1 is 1.40 bits per heavy atom. The zero-order chi connectivity index (χ0) is 11.4. The lowest BCUT2D eigenvalue weighted by Crippen LogP contribution is -2.19. The van der Waals surface area contributed by atoms with Crippen molar-refractivity contribution >= 4 is 15.9 Å². The second kappa shape index (κ2) is 5.66. The van der Waals surface area contributed by atoms with Crippen molar-refractivity contribution < 1.29 is 0 Å². The van der Waals surface area contributed by atoms with Crippen molar-refractivity contribution in [2.75, 3.05) is 0 Å². The van der Waals surface area contributed by atoms with E-state index in [-0.39, 0.29) is 6.04 Å². The van der Waals surface area contributed by atoms with Gasteiger partial charge in [-0.25, -0.2) is 0 Å². The summed E-state index contributed by atoms with van der Waals surface area (Å²) in [6, 6.07) is 6.55. The highest BCUT2D eigenvalue weighted by Gasteiger charge is 2.14. The molecule has 0 spiro atoms. The van der Waals surface area contributed by atoms with Crippen molar-refractivity contribution in [2.45, 2.75) is 39.7 Å². The molecule has 1 nitrogen and oxygen atoms in total. The maximum atomic E-state index is 6.23. The van der Waals surface area contributed by atoms with Gasteiger partial charge in [-0.05, 0) is 36.5 Å². The summed E-state index contributed by atoms with van der Waals surface area (Å²) in [4.78, 5) is 0. The molecule has 2 unspecified atom stereocenters. The summed E-state index contributed by atoms with van der Waals surface area (Å²) < 4.78 is 1.15. The molecular weight excluding hydrogens is 250 g/mol. The third-order valence-electron chi connectivity index (χ3n) is 2.92. The number of halogens is 1. The van der Waals surface area contributed by atoms with E-state index in [0.717, 1.165) is 4.47 Å². The van der Waals surface area contributed by atoms with Gasteiger partial charge in [0.15, 0.2) is 0 Å². The Bertz CT molecular complexity index is 322. The molecule has 0 aromatic heterocycles. The Labute approximate surface area is 101 Å². The van der Waals surface area contributed by atoms with Crippen LogP contribution in [-0.4, -0.2) is 0 Å². The van der Waals surface area contributed by atoms with Crippen LogP contribution in [0.1, 0.15) is 43.9 Å². The predicted octanol–water partition coefficient (Wildman–Crippen LogP) is 4.19. The Morgan fingerprint density at radius 3 is 2.60 bits per heavy atom. The van der Waals surface area contributed by atoms with Crippen LogP contribution in [0.5, 0.6) is 0 Å². The molecule has 2 atom stereocenters. The Balaban J connectivity index is 2.81. The lowest BCUT2D eigenvalue weighted by Gasteiger charge is -2.20. The van der Waals surface area contributed by atoms with E-state index in [1.165, 1.54) is 24.0 Å². The Hall–Kier alpha value is -0.340. The minimum atomic E-state index is 0.164. The summed E-state index contributed by atoms with van der Waals surface area (Å²) in [6.07, 6.45) is 2.39. The fourth-order valence-electron chi connectivity index (χ4n) is 1.84. The lowest BCUT2D eigenvalue weighted by molar-refractivity contribution is 0.433. The van der Waals surface area contributed by atoms with E-state index in [0.29, 0.717) is 5.92 Å². The highest BCUT2D eigenvalue weighted by Crippen LogP contribution is 2.26. The average molecular weight is 270 g/mol. The summed E-state index contributed by atoms with van der Waals surface area (Å²) in [7, 11) is 0. The molecule has 1 aromatic rings. The van der Waals surface area contributed by atoms with Gasteiger partial charge >= 0.3 is 0 Å². The van der Waals surface area contributed by atoms with Crippen LogP contribution in [0.15, 0.2) is 22.7 Å². The van der Waals surface area contributed by atoms with Crippen LogP contribution in [-0.2, 0) is 0 Å². The molecule has 1 rings (SSSR count). The van der Waals surface area contributed by atoms with Gasteiger partial charge in [0.05, 0.1) is 0 Å². The lowest BCUT2D eigenvalue weighted by atomic mass is 9.91. The van der Waals surface area contributed by atoms with E-state index in [2.05, 4.69) is 54.9 Å². The summed E-state index contributed by atoms with van der Waals surface area (Å²) >= 11 is 3.51. The van der Waals surface area contributed by atoms with Crippen LogP contribution in [0, 0.1) is 12.8 Å². The molecule has 84 valence electrons. The van der Waals surface area contributed by atoms with Gasteiger partial charge in [0.25, 0.3) is 0 Å². The zero-order valence-corrected chi connectivity index (χ0v) is 11.3. The summed E-state index contributed by atoms with van der Waals surface area (Å²) in [6.45, 7) is 6.53. The monoisotopic (exact) mass is 269 g/mol. The highest BCUT2D eigenvalue weighted by molar-refractivity contribution is 9.10. The number of hydrogen-bond donors (Lipinski definition) is 1. The molecule has 0 saturated carbocycles. The molecule has 0 saturated heterocycles. The Morgan fingerprint density at radius 2 is 2.07 bits per heavy atom. The van der Waals surface area contributed by atoms with Crippen molar-refractivity contribution in [1.29, 1.82) is 0 Å². The first-order chi connectivity index (χ1) is 7.06. The molecule has 0 aliphatic heterocycles. The molecule has 1 aromatic carbocycles. The van der Waals surface area contributed by atoms with E-state index in [1.54, 1.807) is 0 Å². The topological polar surface area (TPSA) is 26.0 Å². The van der Waals surface area contributed by atoms with Crippen LogP contribution < -0.4 is 5.73 Å². The molecule has 15 heavy (non-hydrogen) atoms. The van der Waals surface area contributed by atoms with Crippen LogP contribution in [0.2, 0.25) is 0 Å². The van der Waals surface area contributed by atoms with Gasteiger partial charge in [0.1, 0.15) is 0 Å². The fourth-order valence-corrected chi connectivity index (χ4v) is 2.09. The third-order valence-corrected chi connectivity index (χ3v) is 3.81. The standard InChI is InChI=1S/C13H20BrN/c1-4-5-9(2)13(15)11-6-7-12(14)10(3)8-11/h6-9,13H,4-5,15H2,1-3H3. The van der Waals surface area contributed by atoms with Crippen molar-refractivity contribution in [2.24, 2.45) is 11.7 Å². The largest absolute Gasteiger partial charge is 0.324 e. The summed E-state index contributed by atoms with van der Waals surface area (Å²) in [5.41, 5.74) is 8.73. The number of aryl methyl sites for hydroxylation is 1. The van der Waals surface area contributed by atoms with Crippen LogP contribution in [0.3, 0.4) is 0 Å². The molecule has 2 N–H and O–H groups in total. The van der Waals surface area contributed by atoms with Crippen molar-refractivity contribution in [3.8, 4) is 0 Å². The van der Waals surface area contributed by atoms with Gasteiger partial charge in [-0.2, -0.15) is 0 Å². The SMILES string of the molecule is CCCC(C)C(N)c1ccc(Br)c(C)c1. The van der Waals surface area contributed by atoms with Gasteiger partial charge in [-0.1, -0.05) is 48.3 Å². The van der Waals surface area contributed by atoms with Crippen LogP contribution in [0.4, 0.5) is 0 Å². The van der Waals surface area contributed by atoms with E-state index in [9.17, 15) is 0 Å². The van der Waals surface area contributed by atoms with Gasteiger partial charge in [-0.15, -0.1) is 0 Å². The highest BCUT2D eigenvalue weighted by atomic mass is 79.9. The molecule has 2 heteroatoms. The number of rotatable bonds is 4.